The van der Waals surface area contributed by atoms with Crippen LogP contribution in [0, 0.1) is 0 Å². The molecule has 0 radical (unpaired) electrons. The summed E-state index contributed by atoms with van der Waals surface area (Å²) in [6.45, 7) is 1.97. The number of carboxylic acid groups (broad SMARTS) is 1. The number of benzene rings is 1. The monoisotopic (exact) mass is 472 g/mol. The van der Waals surface area contributed by atoms with Gasteiger partial charge >= 0.3 is 12.1 Å². The van der Waals surface area contributed by atoms with Crippen molar-refractivity contribution >= 4 is 29.4 Å². The number of hydrogen-bond acceptors (Lipinski definition) is 6. The number of imide groups is 1. The molecule has 1 atom stereocenters. The highest BCUT2D eigenvalue weighted by atomic mass is 19.4. The number of carbonyl (C=O) groups excluding carboxylic acids is 3. The molecule has 182 valence electrons. The third-order valence-corrected chi connectivity index (χ3v) is 5.27. The summed E-state index contributed by atoms with van der Waals surface area (Å²) < 4.78 is 31.7. The van der Waals surface area contributed by atoms with Crippen molar-refractivity contribution in [3.63, 3.8) is 0 Å². The number of unbranched alkanes of at least 4 members (excludes halogenated alkanes) is 3. The zero-order chi connectivity index (χ0) is 24.6. The molecule has 12 heteroatoms. The summed E-state index contributed by atoms with van der Waals surface area (Å²) in [6, 6.07) is 5.06. The zero-order valence-corrected chi connectivity index (χ0v) is 17.9. The molecule has 2 heterocycles. The second kappa shape index (κ2) is 11.6. The molecule has 1 fully saturated rings. The third kappa shape index (κ3) is 7.17. The summed E-state index contributed by atoms with van der Waals surface area (Å²) in [4.78, 5) is 46.7. The van der Waals surface area contributed by atoms with Gasteiger partial charge in [-0.15, -0.1) is 0 Å². The Hall–Kier alpha value is -3.15. The van der Waals surface area contributed by atoms with Crippen molar-refractivity contribution in [2.24, 2.45) is 5.73 Å². The van der Waals surface area contributed by atoms with Gasteiger partial charge in [-0.3, -0.25) is 19.7 Å². The van der Waals surface area contributed by atoms with E-state index in [9.17, 15) is 27.6 Å². The van der Waals surface area contributed by atoms with Crippen LogP contribution in [0.5, 0.6) is 0 Å². The Morgan fingerprint density at radius 2 is 1.85 bits per heavy atom. The van der Waals surface area contributed by atoms with Crippen LogP contribution in [0.25, 0.3) is 0 Å². The van der Waals surface area contributed by atoms with Crippen molar-refractivity contribution in [2.45, 2.75) is 57.3 Å². The van der Waals surface area contributed by atoms with Crippen LogP contribution in [0.2, 0.25) is 0 Å². The molecule has 3 amide bonds. The molecular formula is C21H27F3N4O5. The molecule has 9 nitrogen and oxygen atoms in total. The van der Waals surface area contributed by atoms with Crippen LogP contribution in [0.1, 0.15) is 54.4 Å². The van der Waals surface area contributed by atoms with E-state index in [-0.39, 0.29) is 24.1 Å². The molecule has 0 saturated carbocycles. The Balaban J connectivity index is 0.000000479. The molecule has 33 heavy (non-hydrogen) atoms. The van der Waals surface area contributed by atoms with Gasteiger partial charge in [-0.1, -0.05) is 18.9 Å². The van der Waals surface area contributed by atoms with Gasteiger partial charge in [0.1, 0.15) is 6.04 Å². The molecule has 1 unspecified atom stereocenters. The van der Waals surface area contributed by atoms with Crippen molar-refractivity contribution < 1.29 is 37.5 Å². The highest BCUT2D eigenvalue weighted by Gasteiger charge is 2.40. The van der Waals surface area contributed by atoms with E-state index in [4.69, 9.17) is 15.6 Å². The summed E-state index contributed by atoms with van der Waals surface area (Å²) >= 11 is 0. The maximum atomic E-state index is 12.7. The van der Waals surface area contributed by atoms with Gasteiger partial charge in [0.2, 0.25) is 11.8 Å². The Bertz CT molecular complexity index is 891. The first-order valence-electron chi connectivity index (χ1n) is 10.6. The summed E-state index contributed by atoms with van der Waals surface area (Å²) in [7, 11) is 0. The number of rotatable bonds is 8. The molecule has 0 aliphatic carbocycles. The lowest BCUT2D eigenvalue weighted by atomic mass is 10.0. The molecule has 5 N–H and O–H groups in total. The van der Waals surface area contributed by atoms with Crippen molar-refractivity contribution in [3.05, 3.63) is 29.3 Å². The Morgan fingerprint density at radius 3 is 2.45 bits per heavy atom. The van der Waals surface area contributed by atoms with Gasteiger partial charge in [-0.2, -0.15) is 13.2 Å². The minimum atomic E-state index is -5.08. The Morgan fingerprint density at radius 1 is 1.18 bits per heavy atom. The average Bonchev–Trinajstić information content (AvgIpc) is 3.07. The van der Waals surface area contributed by atoms with Crippen LogP contribution in [0.3, 0.4) is 0 Å². The fourth-order valence-corrected chi connectivity index (χ4v) is 3.60. The highest BCUT2D eigenvalue weighted by Crippen LogP contribution is 2.32. The maximum Gasteiger partial charge on any atom is 0.490 e. The molecular weight excluding hydrogens is 445 g/mol. The van der Waals surface area contributed by atoms with E-state index < -0.39 is 18.2 Å². The fourth-order valence-electron chi connectivity index (χ4n) is 3.60. The number of halogens is 3. The number of amides is 3. The van der Waals surface area contributed by atoms with Gasteiger partial charge in [0.05, 0.1) is 0 Å². The first kappa shape index (κ1) is 26.1. The maximum absolute atomic E-state index is 12.7. The number of piperidine rings is 1. The number of alkyl halides is 3. The fraction of sp³-hybridized carbons (Fsp3) is 0.524. The molecule has 0 spiro atoms. The van der Waals surface area contributed by atoms with E-state index in [1.165, 1.54) is 0 Å². The zero-order valence-electron chi connectivity index (χ0n) is 17.9. The van der Waals surface area contributed by atoms with Crippen LogP contribution in [0.15, 0.2) is 18.2 Å². The van der Waals surface area contributed by atoms with E-state index >= 15 is 0 Å². The number of hydrogen-bond donors (Lipinski definition) is 4. The van der Waals surface area contributed by atoms with Gasteiger partial charge in [0.15, 0.2) is 0 Å². The van der Waals surface area contributed by atoms with E-state index in [0.29, 0.717) is 18.5 Å². The molecule has 2 aliphatic rings. The first-order valence-corrected chi connectivity index (χ1v) is 10.6. The molecule has 1 saturated heterocycles. The SMILES string of the molecule is NCCCCCCNc1cccc2c1CN(C1CCC(=O)NC1=O)C2=O.O=C(O)C(F)(F)F. The number of nitrogens with zero attached hydrogens (tertiary/aromatic N) is 1. The van der Waals surface area contributed by atoms with Crippen molar-refractivity contribution in [1.29, 1.82) is 0 Å². The van der Waals surface area contributed by atoms with Gasteiger partial charge in [-0.25, -0.2) is 4.79 Å². The van der Waals surface area contributed by atoms with Crippen LogP contribution in [-0.4, -0.2) is 59.0 Å². The first-order chi connectivity index (χ1) is 15.6. The van der Waals surface area contributed by atoms with Crippen molar-refractivity contribution in [2.75, 3.05) is 18.4 Å². The molecule has 3 rings (SSSR count). The van der Waals surface area contributed by atoms with Crippen molar-refractivity contribution in [3.8, 4) is 0 Å². The van der Waals surface area contributed by atoms with E-state index in [1.54, 1.807) is 11.0 Å². The summed E-state index contributed by atoms with van der Waals surface area (Å²) in [5.41, 5.74) is 8.03. The van der Waals surface area contributed by atoms with Gasteiger partial charge in [-0.05, 0) is 37.9 Å². The lowest BCUT2D eigenvalue weighted by Crippen LogP contribution is -2.52. The van der Waals surface area contributed by atoms with E-state index in [1.807, 2.05) is 12.1 Å². The number of carboxylic acids is 1. The van der Waals surface area contributed by atoms with Gasteiger partial charge < -0.3 is 21.1 Å². The van der Waals surface area contributed by atoms with E-state index in [0.717, 1.165) is 50.0 Å². The molecule has 0 aromatic heterocycles. The van der Waals surface area contributed by atoms with E-state index in [2.05, 4.69) is 10.6 Å². The van der Waals surface area contributed by atoms with Gasteiger partial charge in [0, 0.05) is 36.3 Å². The number of nitrogens with one attached hydrogen (secondary N) is 2. The standard InChI is InChI=1S/C19H26N4O3.C2HF3O2/c20-10-3-1-2-4-11-21-15-7-5-6-13-14(15)12-23(19(13)26)16-8-9-17(24)22-18(16)25;3-2(4,5)1(6)7/h5-7,16,21H,1-4,8-12,20H2,(H,22,24,25);(H,6,7). The lowest BCUT2D eigenvalue weighted by Gasteiger charge is -2.29. The third-order valence-electron chi connectivity index (χ3n) is 5.27. The number of aliphatic carboxylic acids is 1. The summed E-state index contributed by atoms with van der Waals surface area (Å²) in [5, 5.41) is 12.9. The predicted octanol–water partition coefficient (Wildman–Crippen LogP) is 2.01. The normalized spacial score (nSPS) is 17.8. The second-order valence-electron chi connectivity index (χ2n) is 7.66. The van der Waals surface area contributed by atoms with Crippen LogP contribution in [0.4, 0.5) is 18.9 Å². The minimum Gasteiger partial charge on any atom is -0.475 e. The quantitative estimate of drug-likeness (QED) is 0.335. The Labute approximate surface area is 188 Å². The largest absolute Gasteiger partial charge is 0.490 e. The van der Waals surface area contributed by atoms with Crippen LogP contribution in [-0.2, 0) is 20.9 Å². The molecule has 1 aromatic rings. The van der Waals surface area contributed by atoms with Crippen LogP contribution < -0.4 is 16.4 Å². The Kier molecular flexibility index (Phi) is 9.21. The summed E-state index contributed by atoms with van der Waals surface area (Å²) in [5.74, 6) is -3.54. The highest BCUT2D eigenvalue weighted by molar-refractivity contribution is 6.06. The molecule has 0 bridgehead atoms. The number of carbonyl (C=O) groups is 4. The predicted molar refractivity (Wildman–Crippen MR) is 112 cm³/mol. The smallest absolute Gasteiger partial charge is 0.475 e. The topological polar surface area (TPSA) is 142 Å². The van der Waals surface area contributed by atoms with Gasteiger partial charge in [0.25, 0.3) is 5.91 Å². The number of anilines is 1. The van der Waals surface area contributed by atoms with Crippen molar-refractivity contribution in [1.82, 2.24) is 10.2 Å². The molecule has 2 aliphatic heterocycles. The number of fused-ring (bicyclic) bond motifs is 1. The second-order valence-corrected chi connectivity index (χ2v) is 7.66. The molecule has 1 aromatic carbocycles. The van der Waals surface area contributed by atoms with Crippen LogP contribution >= 0.6 is 0 Å². The number of nitrogens with two attached hydrogens (primary N) is 1. The minimum absolute atomic E-state index is 0.138. The lowest BCUT2D eigenvalue weighted by molar-refractivity contribution is -0.192. The summed E-state index contributed by atoms with van der Waals surface area (Å²) in [6.07, 6.45) is -0.0727. The average molecular weight is 472 g/mol.